The third-order valence-corrected chi connectivity index (χ3v) is 3.48. The smallest absolute Gasteiger partial charge is 0.0283 e. The summed E-state index contributed by atoms with van der Waals surface area (Å²) in [7, 11) is 2.17. The van der Waals surface area contributed by atoms with Gasteiger partial charge in [0, 0.05) is 18.6 Å². The van der Waals surface area contributed by atoms with Crippen molar-refractivity contribution < 1.29 is 0 Å². The van der Waals surface area contributed by atoms with Gasteiger partial charge in [-0.05, 0) is 25.5 Å². The number of rotatable bonds is 4. The molecule has 0 unspecified atom stereocenters. The number of hydrogen-bond donors (Lipinski definition) is 1. The number of nitrogens with zero attached hydrogens (tertiary/aromatic N) is 1. The van der Waals surface area contributed by atoms with Gasteiger partial charge in [-0.1, -0.05) is 43.2 Å². The lowest BCUT2D eigenvalue weighted by atomic mass is 9.98. The minimum absolute atomic E-state index is 0.0729. The van der Waals surface area contributed by atoms with Gasteiger partial charge in [0.15, 0.2) is 0 Å². The molecule has 1 aromatic rings. The number of hydrogen-bond acceptors (Lipinski definition) is 2. The predicted molar refractivity (Wildman–Crippen MR) is 68.2 cm³/mol. The van der Waals surface area contributed by atoms with Crippen LogP contribution < -0.4 is 5.73 Å². The topological polar surface area (TPSA) is 29.3 Å². The lowest BCUT2D eigenvalue weighted by molar-refractivity contribution is 0.241. The fourth-order valence-electron chi connectivity index (χ4n) is 2.73. The first-order chi connectivity index (χ1) is 7.68. The van der Waals surface area contributed by atoms with Crippen LogP contribution in [0.15, 0.2) is 30.3 Å². The van der Waals surface area contributed by atoms with Gasteiger partial charge in [-0.3, -0.25) is 0 Å². The minimum atomic E-state index is 0.0729. The van der Waals surface area contributed by atoms with Gasteiger partial charge in [0.2, 0.25) is 0 Å². The summed E-state index contributed by atoms with van der Waals surface area (Å²) in [4.78, 5) is 2.35. The van der Waals surface area contributed by atoms with E-state index in [4.69, 9.17) is 5.73 Å². The molecule has 1 fully saturated rings. The molecule has 1 aliphatic rings. The first-order valence-corrected chi connectivity index (χ1v) is 6.19. The van der Waals surface area contributed by atoms with Crippen LogP contribution in [0.25, 0.3) is 0 Å². The predicted octanol–water partition coefficient (Wildman–Crippen LogP) is 2.39. The molecule has 1 aliphatic carbocycles. The lowest BCUT2D eigenvalue weighted by Gasteiger charge is -2.29. The first kappa shape index (κ1) is 11.6. The Morgan fingerprint density at radius 2 is 1.81 bits per heavy atom. The molecule has 1 saturated carbocycles. The second-order valence-electron chi connectivity index (χ2n) is 5.23. The van der Waals surface area contributed by atoms with Gasteiger partial charge >= 0.3 is 0 Å². The monoisotopic (exact) mass is 218 g/mol. The Balaban J connectivity index is 1.86. The molecule has 0 aliphatic heterocycles. The summed E-state index contributed by atoms with van der Waals surface area (Å²) in [6.07, 6.45) is 4.98. The maximum Gasteiger partial charge on any atom is 0.0283 e. The zero-order chi connectivity index (χ0) is 11.4. The Morgan fingerprint density at radius 1 is 1.19 bits per heavy atom. The molecule has 0 atom stereocenters. The van der Waals surface area contributed by atoms with Crippen molar-refractivity contribution in [2.75, 3.05) is 13.6 Å². The zero-order valence-corrected chi connectivity index (χ0v) is 10.2. The number of benzene rings is 1. The van der Waals surface area contributed by atoms with Crippen LogP contribution in [0.2, 0.25) is 0 Å². The molecule has 2 nitrogen and oxygen atoms in total. The van der Waals surface area contributed by atoms with E-state index in [0.717, 1.165) is 13.1 Å². The summed E-state index contributed by atoms with van der Waals surface area (Å²) in [5.74, 6) is 0. The molecule has 0 spiro atoms. The highest BCUT2D eigenvalue weighted by atomic mass is 15.1. The van der Waals surface area contributed by atoms with E-state index >= 15 is 0 Å². The summed E-state index contributed by atoms with van der Waals surface area (Å²) in [6, 6.07) is 10.6. The van der Waals surface area contributed by atoms with Crippen molar-refractivity contribution >= 4 is 0 Å². The van der Waals surface area contributed by atoms with Gasteiger partial charge in [-0.15, -0.1) is 0 Å². The van der Waals surface area contributed by atoms with E-state index in [1.807, 2.05) is 0 Å². The molecule has 0 bridgehead atoms. The van der Waals surface area contributed by atoms with Crippen molar-refractivity contribution in [3.8, 4) is 0 Å². The summed E-state index contributed by atoms with van der Waals surface area (Å²) in [5, 5.41) is 0. The van der Waals surface area contributed by atoms with Crippen molar-refractivity contribution in [1.82, 2.24) is 4.90 Å². The Bertz CT molecular complexity index is 315. The highest BCUT2D eigenvalue weighted by molar-refractivity contribution is 5.14. The summed E-state index contributed by atoms with van der Waals surface area (Å²) in [5.41, 5.74) is 7.81. The third-order valence-electron chi connectivity index (χ3n) is 3.48. The van der Waals surface area contributed by atoms with Gasteiger partial charge in [-0.25, -0.2) is 0 Å². The summed E-state index contributed by atoms with van der Waals surface area (Å²) < 4.78 is 0. The highest BCUT2D eigenvalue weighted by Gasteiger charge is 2.30. The molecular formula is C14H22N2. The molecule has 0 saturated heterocycles. The van der Waals surface area contributed by atoms with Crippen LogP contribution in [-0.2, 0) is 6.54 Å². The Kier molecular flexibility index (Phi) is 3.62. The van der Waals surface area contributed by atoms with Crippen LogP contribution in [0.1, 0.15) is 31.2 Å². The molecule has 0 heterocycles. The van der Waals surface area contributed by atoms with Crippen molar-refractivity contribution in [3.05, 3.63) is 35.9 Å². The van der Waals surface area contributed by atoms with Gasteiger partial charge < -0.3 is 10.6 Å². The normalized spacial score (nSPS) is 19.2. The molecule has 0 amide bonds. The Labute approximate surface area is 98.4 Å². The van der Waals surface area contributed by atoms with Crippen LogP contribution >= 0.6 is 0 Å². The average Bonchev–Trinajstić information content (AvgIpc) is 2.66. The van der Waals surface area contributed by atoms with Crippen molar-refractivity contribution in [2.24, 2.45) is 5.73 Å². The quantitative estimate of drug-likeness (QED) is 0.841. The molecule has 88 valence electrons. The molecule has 16 heavy (non-hydrogen) atoms. The van der Waals surface area contributed by atoms with Crippen LogP contribution in [0, 0.1) is 0 Å². The van der Waals surface area contributed by atoms with E-state index in [9.17, 15) is 0 Å². The van der Waals surface area contributed by atoms with Gasteiger partial charge in [0.1, 0.15) is 0 Å². The number of likely N-dealkylation sites (N-methyl/N-ethyl adjacent to an activating group) is 1. The molecule has 2 N–H and O–H groups in total. The summed E-state index contributed by atoms with van der Waals surface area (Å²) in [6.45, 7) is 2.02. The van der Waals surface area contributed by atoms with Crippen LogP contribution in [0.5, 0.6) is 0 Å². The highest BCUT2D eigenvalue weighted by Crippen LogP contribution is 2.27. The molecule has 0 radical (unpaired) electrons. The average molecular weight is 218 g/mol. The summed E-state index contributed by atoms with van der Waals surface area (Å²) >= 11 is 0. The maximum absolute atomic E-state index is 6.37. The largest absolute Gasteiger partial charge is 0.324 e. The zero-order valence-electron chi connectivity index (χ0n) is 10.2. The van der Waals surface area contributed by atoms with E-state index in [1.165, 1.54) is 31.2 Å². The number of nitrogens with two attached hydrogens (primary N) is 1. The molecular weight excluding hydrogens is 196 g/mol. The Hall–Kier alpha value is -0.860. The van der Waals surface area contributed by atoms with Crippen molar-refractivity contribution in [3.63, 3.8) is 0 Å². The van der Waals surface area contributed by atoms with Gasteiger partial charge in [0.25, 0.3) is 0 Å². The van der Waals surface area contributed by atoms with E-state index in [-0.39, 0.29) is 5.54 Å². The molecule has 2 heteroatoms. The Morgan fingerprint density at radius 3 is 2.44 bits per heavy atom. The van der Waals surface area contributed by atoms with Crippen LogP contribution in [-0.4, -0.2) is 24.0 Å². The fourth-order valence-corrected chi connectivity index (χ4v) is 2.73. The van der Waals surface area contributed by atoms with E-state index in [0.29, 0.717) is 0 Å². The second-order valence-corrected chi connectivity index (χ2v) is 5.23. The van der Waals surface area contributed by atoms with Crippen LogP contribution in [0.4, 0.5) is 0 Å². The minimum Gasteiger partial charge on any atom is -0.324 e. The molecule has 2 rings (SSSR count). The fraction of sp³-hybridized carbons (Fsp3) is 0.571. The van der Waals surface area contributed by atoms with Crippen LogP contribution in [0.3, 0.4) is 0 Å². The third kappa shape index (κ3) is 3.06. The lowest BCUT2D eigenvalue weighted by Crippen LogP contribution is -2.46. The van der Waals surface area contributed by atoms with Gasteiger partial charge in [-0.2, -0.15) is 0 Å². The standard InChI is InChI=1S/C14H22N2/c1-16(11-13-7-3-2-4-8-13)12-14(15)9-5-6-10-14/h2-4,7-8H,5-6,9-12,15H2,1H3. The van der Waals surface area contributed by atoms with E-state index < -0.39 is 0 Å². The maximum atomic E-state index is 6.37. The van der Waals surface area contributed by atoms with E-state index in [1.54, 1.807) is 0 Å². The second kappa shape index (κ2) is 4.98. The first-order valence-electron chi connectivity index (χ1n) is 6.19. The van der Waals surface area contributed by atoms with E-state index in [2.05, 4.69) is 42.3 Å². The molecule has 1 aromatic carbocycles. The SMILES string of the molecule is CN(Cc1ccccc1)CC1(N)CCCC1. The van der Waals surface area contributed by atoms with Crippen molar-refractivity contribution in [2.45, 2.75) is 37.8 Å². The van der Waals surface area contributed by atoms with Crippen molar-refractivity contribution in [1.29, 1.82) is 0 Å². The molecule has 0 aromatic heterocycles. The van der Waals surface area contributed by atoms with Gasteiger partial charge in [0.05, 0.1) is 0 Å².